The molecule has 2 aromatic rings. The van der Waals surface area contributed by atoms with Crippen LogP contribution in [0.1, 0.15) is 12.8 Å². The third kappa shape index (κ3) is 6.53. The topological polar surface area (TPSA) is 134 Å². The van der Waals surface area contributed by atoms with Gasteiger partial charge >= 0.3 is 11.9 Å². The number of nitrogens with zero attached hydrogens (tertiary/aromatic N) is 1. The third-order valence-electron chi connectivity index (χ3n) is 2.60. The monoisotopic (exact) mass is 351 g/mol. The summed E-state index contributed by atoms with van der Waals surface area (Å²) >= 11 is 0. The zero-order valence-corrected chi connectivity index (χ0v) is 12.5. The van der Waals surface area contributed by atoms with Crippen LogP contribution in [0, 0.1) is 0 Å². The van der Waals surface area contributed by atoms with Crippen LogP contribution in [0.4, 0.5) is 0 Å². The number of carboxylic acids is 2. The predicted molar refractivity (Wildman–Crippen MR) is 75.9 cm³/mol. The number of pyridine rings is 1. The number of para-hydroxylation sites is 1. The number of hydrogen-bond acceptors (Lipinski definition) is 5. The van der Waals surface area contributed by atoms with Gasteiger partial charge in [0.15, 0.2) is 0 Å². The van der Waals surface area contributed by atoms with Gasteiger partial charge in [0.25, 0.3) is 0 Å². The van der Waals surface area contributed by atoms with Crippen molar-refractivity contribution in [2.75, 3.05) is 0 Å². The molecule has 0 bridgehead atoms. The van der Waals surface area contributed by atoms with E-state index in [1.807, 2.05) is 18.2 Å². The van der Waals surface area contributed by atoms with Crippen LogP contribution in [0.5, 0.6) is 5.75 Å². The summed E-state index contributed by atoms with van der Waals surface area (Å²) < 4.78 is 0. The Labute approximate surface area is 137 Å². The quantitative estimate of drug-likeness (QED) is 0.650. The van der Waals surface area contributed by atoms with E-state index < -0.39 is 18.0 Å². The first kappa shape index (κ1) is 19.8. The van der Waals surface area contributed by atoms with Crippen molar-refractivity contribution in [3.63, 3.8) is 0 Å². The van der Waals surface area contributed by atoms with Gasteiger partial charge in [0.1, 0.15) is 17.3 Å². The number of phenols is 1. The molecule has 0 saturated heterocycles. The van der Waals surface area contributed by atoms with Gasteiger partial charge in [-0.1, -0.05) is 18.2 Å². The predicted octanol–water partition coefficient (Wildman–Crippen LogP) is 1.20. The van der Waals surface area contributed by atoms with Crippen molar-refractivity contribution in [3.8, 4) is 5.75 Å². The molecular weight excluding hydrogens is 335 g/mol. The molecule has 1 aromatic heterocycles. The van der Waals surface area contributed by atoms with E-state index in [4.69, 9.17) is 15.9 Å². The molecule has 0 aliphatic rings. The van der Waals surface area contributed by atoms with E-state index >= 15 is 0 Å². The number of hydrogen-bond donors (Lipinski definition) is 4. The Hall–Kier alpha value is -2.16. The Balaban J connectivity index is 0.000000387. The zero-order chi connectivity index (χ0) is 15.8. The average Bonchev–Trinajstić information content (AvgIpc) is 2.46. The molecule has 22 heavy (non-hydrogen) atoms. The van der Waals surface area contributed by atoms with Crippen molar-refractivity contribution >= 4 is 22.8 Å². The smallest absolute Gasteiger partial charge is 0.320 e. The Morgan fingerprint density at radius 2 is 1.82 bits per heavy atom. The molecule has 0 spiro atoms. The summed E-state index contributed by atoms with van der Waals surface area (Å²) in [4.78, 5) is 23.9. The molecule has 1 heterocycles. The molecular formula is C14H16CoN2O5. The maximum absolute atomic E-state index is 9.99. The molecule has 0 fully saturated rings. The van der Waals surface area contributed by atoms with Crippen molar-refractivity contribution in [3.05, 3.63) is 36.5 Å². The van der Waals surface area contributed by atoms with Crippen LogP contribution in [0.2, 0.25) is 0 Å². The van der Waals surface area contributed by atoms with Gasteiger partial charge in [0, 0.05) is 34.8 Å². The molecule has 0 unspecified atom stereocenters. The number of carbonyl (C=O) groups is 2. The second-order valence-electron chi connectivity index (χ2n) is 4.23. The number of benzene rings is 1. The number of fused-ring (bicyclic) bond motifs is 1. The van der Waals surface area contributed by atoms with Crippen LogP contribution in [0.3, 0.4) is 0 Å². The molecule has 121 valence electrons. The minimum Gasteiger partial charge on any atom is -0.506 e. The van der Waals surface area contributed by atoms with Gasteiger partial charge in [-0.15, -0.1) is 0 Å². The van der Waals surface area contributed by atoms with Crippen LogP contribution in [-0.2, 0) is 26.4 Å². The summed E-state index contributed by atoms with van der Waals surface area (Å²) in [6.45, 7) is 0. The van der Waals surface area contributed by atoms with E-state index in [0.29, 0.717) is 5.52 Å². The van der Waals surface area contributed by atoms with Gasteiger partial charge in [-0.2, -0.15) is 0 Å². The zero-order valence-electron chi connectivity index (χ0n) is 11.5. The minimum absolute atomic E-state index is 0. The normalized spacial score (nSPS) is 10.8. The van der Waals surface area contributed by atoms with Crippen LogP contribution in [-0.4, -0.2) is 38.3 Å². The van der Waals surface area contributed by atoms with Crippen LogP contribution < -0.4 is 5.73 Å². The van der Waals surface area contributed by atoms with Crippen molar-refractivity contribution < 1.29 is 41.7 Å². The van der Waals surface area contributed by atoms with E-state index in [1.165, 1.54) is 0 Å². The fourth-order valence-corrected chi connectivity index (χ4v) is 1.49. The van der Waals surface area contributed by atoms with Gasteiger partial charge in [-0.05, 0) is 18.6 Å². The molecule has 5 N–H and O–H groups in total. The first-order chi connectivity index (χ1) is 9.91. The summed E-state index contributed by atoms with van der Waals surface area (Å²) in [5.41, 5.74) is 5.66. The van der Waals surface area contributed by atoms with Gasteiger partial charge in [-0.25, -0.2) is 0 Å². The Morgan fingerprint density at radius 1 is 1.18 bits per heavy atom. The summed E-state index contributed by atoms with van der Waals surface area (Å²) in [6, 6.07) is 8.07. The van der Waals surface area contributed by atoms with E-state index in [1.54, 1.807) is 18.3 Å². The Kier molecular flexibility index (Phi) is 8.76. The first-order valence-electron chi connectivity index (χ1n) is 6.14. The molecule has 0 aliphatic heterocycles. The van der Waals surface area contributed by atoms with Crippen molar-refractivity contribution in [1.82, 2.24) is 4.98 Å². The van der Waals surface area contributed by atoms with Gasteiger partial charge < -0.3 is 21.1 Å². The van der Waals surface area contributed by atoms with Crippen LogP contribution >= 0.6 is 0 Å². The first-order valence-corrected chi connectivity index (χ1v) is 6.14. The summed E-state index contributed by atoms with van der Waals surface area (Å²) in [6.07, 6.45) is 1.44. The molecule has 8 heteroatoms. The van der Waals surface area contributed by atoms with Gasteiger partial charge in [-0.3, -0.25) is 14.6 Å². The van der Waals surface area contributed by atoms with Crippen molar-refractivity contribution in [2.45, 2.75) is 18.9 Å². The molecule has 0 saturated carbocycles. The third-order valence-corrected chi connectivity index (χ3v) is 2.60. The number of phenolic OH excluding ortho intramolecular Hbond substituents is 1. The number of carboxylic acid groups (broad SMARTS) is 2. The number of aliphatic carboxylic acids is 2. The fraction of sp³-hybridized carbons (Fsp3) is 0.214. The Morgan fingerprint density at radius 3 is 2.36 bits per heavy atom. The van der Waals surface area contributed by atoms with E-state index in [0.717, 1.165) is 5.39 Å². The summed E-state index contributed by atoms with van der Waals surface area (Å²) in [5.74, 6) is -1.96. The second kappa shape index (κ2) is 9.71. The SMILES string of the molecule is N[C@@H](CCC(=O)O)C(=O)O.Oc1cccc2cccnc12.[Co]. The molecule has 0 amide bonds. The molecule has 1 radical (unpaired) electrons. The maximum Gasteiger partial charge on any atom is 0.320 e. The molecule has 0 aliphatic carbocycles. The average molecular weight is 351 g/mol. The second-order valence-corrected chi connectivity index (χ2v) is 4.23. The minimum atomic E-state index is -1.17. The van der Waals surface area contributed by atoms with Crippen molar-refractivity contribution in [2.24, 2.45) is 5.73 Å². The van der Waals surface area contributed by atoms with Gasteiger partial charge in [0.05, 0.1) is 0 Å². The number of aromatic hydroxyl groups is 1. The van der Waals surface area contributed by atoms with Gasteiger partial charge in [0.2, 0.25) is 0 Å². The van der Waals surface area contributed by atoms with Crippen LogP contribution in [0.25, 0.3) is 10.9 Å². The van der Waals surface area contributed by atoms with Crippen molar-refractivity contribution in [1.29, 1.82) is 0 Å². The molecule has 1 atom stereocenters. The number of nitrogens with two attached hydrogens (primary N) is 1. The number of aromatic nitrogens is 1. The molecule has 1 aromatic carbocycles. The summed E-state index contributed by atoms with van der Waals surface area (Å²) in [5, 5.41) is 26.5. The van der Waals surface area contributed by atoms with E-state index in [-0.39, 0.29) is 35.4 Å². The maximum atomic E-state index is 9.99. The summed E-state index contributed by atoms with van der Waals surface area (Å²) in [7, 11) is 0. The number of rotatable bonds is 4. The molecule has 7 nitrogen and oxygen atoms in total. The largest absolute Gasteiger partial charge is 0.506 e. The fourth-order valence-electron chi connectivity index (χ4n) is 1.49. The van der Waals surface area contributed by atoms with E-state index in [9.17, 15) is 14.7 Å². The van der Waals surface area contributed by atoms with Crippen LogP contribution in [0.15, 0.2) is 36.5 Å². The standard InChI is InChI=1S/C9H7NO.C5H9NO4.Co/c11-8-5-1-3-7-4-2-6-10-9(7)8;6-3(5(9)10)1-2-4(7)8;/h1-6,11H;3H,1-2,6H2,(H,7,8)(H,9,10);/t;3-;/m.0./s1. The van der Waals surface area contributed by atoms with E-state index in [2.05, 4.69) is 4.98 Å². The Bertz CT molecular complexity index is 630. The molecule has 2 rings (SSSR count).